The van der Waals surface area contributed by atoms with E-state index in [1.54, 1.807) is 32.0 Å². The van der Waals surface area contributed by atoms with Gasteiger partial charge in [0.15, 0.2) is 16.7 Å². The maximum Gasteiger partial charge on any atom is 0.338 e. The fourth-order valence-corrected chi connectivity index (χ4v) is 5.00. The minimum Gasteiger partial charge on any atom is -0.493 e. The van der Waals surface area contributed by atoms with Gasteiger partial charge >= 0.3 is 5.97 Å². The molecule has 0 saturated carbocycles. The molecule has 2 aliphatic heterocycles. The Morgan fingerprint density at radius 3 is 2.51 bits per heavy atom. The number of halogens is 1. The summed E-state index contributed by atoms with van der Waals surface area (Å²) >= 11 is 0.974. The molecule has 2 aromatic rings. The Kier molecular flexibility index (Phi) is 7.63. The van der Waals surface area contributed by atoms with E-state index in [4.69, 9.17) is 14.2 Å². The normalized spacial score (nSPS) is 16.9. The van der Waals surface area contributed by atoms with Gasteiger partial charge in [0.05, 0.1) is 37.0 Å². The third-order valence-corrected chi connectivity index (χ3v) is 6.63. The number of allylic oxidation sites excluding steroid dienone is 1. The molecule has 37 heavy (non-hydrogen) atoms. The highest BCUT2D eigenvalue weighted by molar-refractivity contribution is 8.18. The average Bonchev–Trinajstić information content (AvgIpc) is 2.88. The van der Waals surface area contributed by atoms with Gasteiger partial charge < -0.3 is 19.5 Å². The number of para-hydroxylation sites is 1. The van der Waals surface area contributed by atoms with Crippen LogP contribution in [0, 0.1) is 5.82 Å². The van der Waals surface area contributed by atoms with Crippen molar-refractivity contribution in [1.29, 1.82) is 0 Å². The lowest BCUT2D eigenvalue weighted by Gasteiger charge is -2.38. The van der Waals surface area contributed by atoms with Crippen LogP contribution in [-0.4, -0.2) is 48.7 Å². The lowest BCUT2D eigenvalue weighted by molar-refractivity contribution is -0.139. The highest BCUT2D eigenvalue weighted by Crippen LogP contribution is 2.46. The SMILES string of the molecule is CCOC(=O)C1=C(C)N=C2SC(C(=O)Nc3ccc(F)cc3)=CC(=O)N2[C@@H]1c1cccc(OC)c1OC. The molecule has 0 unspecified atom stereocenters. The number of amides is 2. The summed E-state index contributed by atoms with van der Waals surface area (Å²) in [5, 5.41) is 2.85. The lowest BCUT2D eigenvalue weighted by atomic mass is 9.93. The summed E-state index contributed by atoms with van der Waals surface area (Å²) in [7, 11) is 2.95. The third kappa shape index (κ3) is 5.08. The molecule has 0 fully saturated rings. The highest BCUT2D eigenvalue weighted by Gasteiger charge is 2.44. The van der Waals surface area contributed by atoms with Crippen molar-refractivity contribution < 1.29 is 33.0 Å². The van der Waals surface area contributed by atoms with Crippen LogP contribution in [0.15, 0.2) is 69.7 Å². The minimum absolute atomic E-state index is 0.0908. The molecule has 192 valence electrons. The molecule has 9 nitrogen and oxygen atoms in total. The minimum atomic E-state index is -0.949. The number of hydrogen-bond donors (Lipinski definition) is 1. The van der Waals surface area contributed by atoms with Gasteiger partial charge in [0.25, 0.3) is 11.8 Å². The van der Waals surface area contributed by atoms with Crippen LogP contribution in [-0.2, 0) is 19.1 Å². The van der Waals surface area contributed by atoms with Gasteiger partial charge in [-0.3, -0.25) is 14.5 Å². The number of anilines is 1. The van der Waals surface area contributed by atoms with Gasteiger partial charge in [-0.2, -0.15) is 0 Å². The van der Waals surface area contributed by atoms with E-state index in [0.717, 1.165) is 11.8 Å². The number of rotatable bonds is 7. The molecular weight excluding hydrogens is 501 g/mol. The molecule has 0 aromatic heterocycles. The van der Waals surface area contributed by atoms with Crippen molar-refractivity contribution in [2.24, 2.45) is 4.99 Å². The van der Waals surface area contributed by atoms with E-state index >= 15 is 0 Å². The largest absolute Gasteiger partial charge is 0.493 e. The monoisotopic (exact) mass is 525 g/mol. The summed E-state index contributed by atoms with van der Waals surface area (Å²) in [5.41, 5.74) is 1.35. The first-order valence-electron chi connectivity index (χ1n) is 11.3. The number of benzene rings is 2. The first-order valence-corrected chi connectivity index (χ1v) is 12.1. The van der Waals surface area contributed by atoms with Crippen molar-refractivity contribution in [3.63, 3.8) is 0 Å². The molecule has 4 rings (SSSR count). The Balaban J connectivity index is 1.78. The zero-order chi connectivity index (χ0) is 26.7. The third-order valence-electron chi connectivity index (χ3n) is 5.63. The number of aliphatic imine (C=N–C) groups is 1. The number of amidine groups is 1. The van der Waals surface area contributed by atoms with E-state index in [2.05, 4.69) is 10.3 Å². The second-order valence-electron chi connectivity index (χ2n) is 7.88. The number of esters is 1. The number of nitrogens with one attached hydrogen (secondary N) is 1. The molecule has 0 aliphatic carbocycles. The van der Waals surface area contributed by atoms with Crippen molar-refractivity contribution in [3.05, 3.63) is 76.1 Å². The van der Waals surface area contributed by atoms with Crippen molar-refractivity contribution in [2.75, 3.05) is 26.1 Å². The van der Waals surface area contributed by atoms with E-state index in [1.807, 2.05) is 0 Å². The van der Waals surface area contributed by atoms with E-state index in [9.17, 15) is 18.8 Å². The Hall–Kier alpha value is -4.12. The van der Waals surface area contributed by atoms with Crippen molar-refractivity contribution in [1.82, 2.24) is 4.90 Å². The second-order valence-corrected chi connectivity index (χ2v) is 8.89. The zero-order valence-corrected chi connectivity index (χ0v) is 21.3. The molecule has 0 spiro atoms. The molecule has 11 heteroatoms. The van der Waals surface area contributed by atoms with E-state index in [-0.39, 0.29) is 22.3 Å². The van der Waals surface area contributed by atoms with Crippen LogP contribution in [0.25, 0.3) is 0 Å². The summed E-state index contributed by atoms with van der Waals surface area (Å²) < 4.78 is 29.5. The first-order chi connectivity index (χ1) is 17.8. The molecule has 2 amide bonds. The van der Waals surface area contributed by atoms with Crippen LogP contribution in [0.3, 0.4) is 0 Å². The summed E-state index contributed by atoms with van der Waals surface area (Å²) in [6.45, 7) is 3.45. The predicted molar refractivity (Wildman–Crippen MR) is 137 cm³/mol. The van der Waals surface area contributed by atoms with Crippen molar-refractivity contribution in [2.45, 2.75) is 19.9 Å². The number of hydrogen-bond acceptors (Lipinski definition) is 8. The quantitative estimate of drug-likeness (QED) is 0.541. The average molecular weight is 526 g/mol. The lowest BCUT2D eigenvalue weighted by Crippen LogP contribution is -2.45. The van der Waals surface area contributed by atoms with Crippen LogP contribution in [0.4, 0.5) is 10.1 Å². The molecule has 1 atom stereocenters. The summed E-state index contributed by atoms with van der Waals surface area (Å²) in [5.74, 6) is -1.43. The molecular formula is C26H24FN3O6S. The number of carbonyl (C=O) groups is 3. The molecule has 1 N–H and O–H groups in total. The van der Waals surface area contributed by atoms with Gasteiger partial charge in [-0.25, -0.2) is 14.2 Å². The van der Waals surface area contributed by atoms with E-state index < -0.39 is 29.6 Å². The van der Waals surface area contributed by atoms with Gasteiger partial charge in [-0.05, 0) is 55.9 Å². The Morgan fingerprint density at radius 1 is 1.14 bits per heavy atom. The maximum absolute atomic E-state index is 13.5. The smallest absolute Gasteiger partial charge is 0.338 e. The van der Waals surface area contributed by atoms with Gasteiger partial charge in [-0.1, -0.05) is 12.1 Å². The van der Waals surface area contributed by atoms with Crippen molar-refractivity contribution in [3.8, 4) is 11.5 Å². The number of carbonyl (C=O) groups excluding carboxylic acids is 3. The Labute approximate surface area is 217 Å². The van der Waals surface area contributed by atoms with Crippen LogP contribution >= 0.6 is 11.8 Å². The van der Waals surface area contributed by atoms with Crippen LogP contribution in [0.5, 0.6) is 11.5 Å². The highest BCUT2D eigenvalue weighted by atomic mass is 32.2. The molecule has 2 heterocycles. The summed E-state index contributed by atoms with van der Waals surface area (Å²) in [6.07, 6.45) is 1.17. The number of methoxy groups -OCH3 is 2. The molecule has 0 radical (unpaired) electrons. The Bertz CT molecular complexity index is 1350. The zero-order valence-electron chi connectivity index (χ0n) is 20.5. The maximum atomic E-state index is 13.5. The number of thioether (sulfide) groups is 1. The number of fused-ring (bicyclic) bond motifs is 1. The standard InChI is InChI=1S/C26H24FN3O6S/c1-5-36-25(33)21-14(2)28-26-30(22(21)17-7-6-8-18(34-3)23(17)35-4)20(31)13-19(37-26)24(32)29-16-11-9-15(27)10-12-16/h6-13,22H,5H2,1-4H3,(H,29,32)/t22-/m1/s1. The number of nitrogens with zero attached hydrogens (tertiary/aromatic N) is 2. The van der Waals surface area contributed by atoms with Gasteiger partial charge in [0, 0.05) is 17.3 Å². The summed E-state index contributed by atoms with van der Waals surface area (Å²) in [6, 6.07) is 9.45. The van der Waals surface area contributed by atoms with Gasteiger partial charge in [-0.15, -0.1) is 0 Å². The fraction of sp³-hybridized carbons (Fsp3) is 0.231. The second kappa shape index (κ2) is 10.9. The van der Waals surface area contributed by atoms with Crippen molar-refractivity contribution >= 4 is 40.4 Å². The topological polar surface area (TPSA) is 107 Å². The van der Waals surface area contributed by atoms with Gasteiger partial charge in [0.2, 0.25) is 0 Å². The van der Waals surface area contributed by atoms with Gasteiger partial charge in [0.1, 0.15) is 11.9 Å². The predicted octanol–water partition coefficient (Wildman–Crippen LogP) is 4.19. The van der Waals surface area contributed by atoms with E-state index in [0.29, 0.717) is 28.4 Å². The first kappa shape index (κ1) is 26.0. The van der Waals surface area contributed by atoms with Crippen LogP contribution in [0.2, 0.25) is 0 Å². The fourth-order valence-electron chi connectivity index (χ4n) is 4.03. The molecule has 0 saturated heterocycles. The summed E-state index contributed by atoms with van der Waals surface area (Å²) in [4.78, 5) is 45.4. The van der Waals surface area contributed by atoms with Crippen LogP contribution in [0.1, 0.15) is 25.5 Å². The Morgan fingerprint density at radius 2 is 1.86 bits per heavy atom. The number of ether oxygens (including phenoxy) is 3. The molecule has 2 aliphatic rings. The molecule has 2 aromatic carbocycles. The van der Waals surface area contributed by atoms with E-state index in [1.165, 1.54) is 49.5 Å². The molecule has 0 bridgehead atoms. The van der Waals surface area contributed by atoms with Crippen LogP contribution < -0.4 is 14.8 Å².